The van der Waals surface area contributed by atoms with Gasteiger partial charge in [-0.25, -0.2) is 0 Å². The summed E-state index contributed by atoms with van der Waals surface area (Å²) in [5.74, 6) is -0.233. The molecular formula is C18H16N2O4S. The summed E-state index contributed by atoms with van der Waals surface area (Å²) in [6, 6.07) is 16.9. The molecule has 0 saturated carbocycles. The van der Waals surface area contributed by atoms with Crippen molar-refractivity contribution in [2.45, 2.75) is 11.4 Å². The number of amides is 1. The Kier molecular flexibility index (Phi) is 4.43. The predicted octanol–water partition coefficient (Wildman–Crippen LogP) is 2.60. The van der Waals surface area contributed by atoms with Gasteiger partial charge in [-0.15, -0.1) is 0 Å². The Morgan fingerprint density at radius 3 is 2.36 bits per heavy atom. The van der Waals surface area contributed by atoms with E-state index in [2.05, 4.69) is 5.32 Å². The Balaban J connectivity index is 1.97. The van der Waals surface area contributed by atoms with E-state index in [1.54, 1.807) is 48.5 Å². The number of nitrogens with one attached hydrogen (secondary N) is 1. The molecule has 0 aromatic heterocycles. The second-order valence-electron chi connectivity index (χ2n) is 5.52. The lowest BCUT2D eigenvalue weighted by Gasteiger charge is -2.12. The van der Waals surface area contributed by atoms with Crippen LogP contribution in [0.4, 0.5) is 5.69 Å². The van der Waals surface area contributed by atoms with Crippen LogP contribution in [0.2, 0.25) is 0 Å². The smallest absolute Gasteiger partial charge is 0.297 e. The zero-order chi connectivity index (χ0) is 18.0. The molecule has 0 heterocycles. The first-order valence-electron chi connectivity index (χ1n) is 7.49. The molecule has 25 heavy (non-hydrogen) atoms. The maximum atomic E-state index is 12.2. The molecule has 0 unspecified atom stereocenters. The van der Waals surface area contributed by atoms with E-state index in [9.17, 15) is 17.8 Å². The summed E-state index contributed by atoms with van der Waals surface area (Å²) < 4.78 is 32.7. The summed E-state index contributed by atoms with van der Waals surface area (Å²) in [5.41, 5.74) is 6.93. The minimum atomic E-state index is -4.46. The zero-order valence-corrected chi connectivity index (χ0v) is 14.0. The molecule has 0 bridgehead atoms. The highest BCUT2D eigenvalue weighted by Crippen LogP contribution is 2.30. The zero-order valence-electron chi connectivity index (χ0n) is 13.1. The van der Waals surface area contributed by atoms with E-state index < -0.39 is 10.1 Å². The van der Waals surface area contributed by atoms with Crippen molar-refractivity contribution in [3.05, 3.63) is 71.8 Å². The molecule has 3 rings (SSSR count). The van der Waals surface area contributed by atoms with Crippen LogP contribution in [0.3, 0.4) is 0 Å². The number of carbonyl (C=O) groups excluding carboxylic acids is 1. The van der Waals surface area contributed by atoms with Gasteiger partial charge in [0.15, 0.2) is 0 Å². The van der Waals surface area contributed by atoms with Crippen molar-refractivity contribution in [2.24, 2.45) is 0 Å². The molecular weight excluding hydrogens is 340 g/mol. The van der Waals surface area contributed by atoms with Gasteiger partial charge < -0.3 is 11.1 Å². The quantitative estimate of drug-likeness (QED) is 0.492. The van der Waals surface area contributed by atoms with Crippen LogP contribution in [0.15, 0.2) is 65.6 Å². The fraction of sp³-hybridized carbons (Fsp3) is 0.0556. The van der Waals surface area contributed by atoms with Crippen LogP contribution in [-0.2, 0) is 16.7 Å². The number of anilines is 1. The summed E-state index contributed by atoms with van der Waals surface area (Å²) in [4.78, 5) is 11.8. The molecule has 0 aliphatic heterocycles. The van der Waals surface area contributed by atoms with Gasteiger partial charge in [-0.3, -0.25) is 9.35 Å². The molecule has 7 heteroatoms. The van der Waals surface area contributed by atoms with Gasteiger partial charge in [0.1, 0.15) is 4.90 Å². The van der Waals surface area contributed by atoms with E-state index in [1.165, 1.54) is 6.07 Å². The van der Waals surface area contributed by atoms with Gasteiger partial charge in [0, 0.05) is 17.5 Å². The highest BCUT2D eigenvalue weighted by molar-refractivity contribution is 7.86. The fourth-order valence-electron chi connectivity index (χ4n) is 2.72. The first-order valence-corrected chi connectivity index (χ1v) is 8.93. The molecule has 0 aliphatic rings. The molecule has 0 radical (unpaired) electrons. The third-order valence-electron chi connectivity index (χ3n) is 3.87. The van der Waals surface area contributed by atoms with Crippen LogP contribution < -0.4 is 11.1 Å². The lowest BCUT2D eigenvalue weighted by molar-refractivity contribution is 0.0951. The number of benzene rings is 3. The average molecular weight is 356 g/mol. The number of nitrogen functional groups attached to an aromatic ring is 1. The van der Waals surface area contributed by atoms with Gasteiger partial charge in [0.2, 0.25) is 0 Å². The molecule has 6 nitrogen and oxygen atoms in total. The van der Waals surface area contributed by atoms with E-state index in [-0.39, 0.29) is 23.0 Å². The highest BCUT2D eigenvalue weighted by atomic mass is 32.2. The van der Waals surface area contributed by atoms with Crippen molar-refractivity contribution >= 4 is 32.5 Å². The predicted molar refractivity (Wildman–Crippen MR) is 95.8 cm³/mol. The molecule has 0 spiro atoms. The van der Waals surface area contributed by atoms with Crippen LogP contribution in [0, 0.1) is 0 Å². The molecule has 128 valence electrons. The third-order valence-corrected chi connectivity index (χ3v) is 4.84. The van der Waals surface area contributed by atoms with Crippen molar-refractivity contribution in [1.29, 1.82) is 0 Å². The molecule has 1 amide bonds. The summed E-state index contributed by atoms with van der Waals surface area (Å²) in [7, 11) is -4.46. The summed E-state index contributed by atoms with van der Waals surface area (Å²) in [5, 5.41) is 3.71. The Morgan fingerprint density at radius 1 is 0.960 bits per heavy atom. The molecule has 0 saturated heterocycles. The molecule has 4 N–H and O–H groups in total. The first kappa shape index (κ1) is 16.9. The highest BCUT2D eigenvalue weighted by Gasteiger charge is 2.19. The summed E-state index contributed by atoms with van der Waals surface area (Å²) in [6.07, 6.45) is 0. The Morgan fingerprint density at radius 2 is 1.68 bits per heavy atom. The van der Waals surface area contributed by atoms with Gasteiger partial charge >= 0.3 is 0 Å². The van der Waals surface area contributed by atoms with Crippen molar-refractivity contribution in [1.82, 2.24) is 5.32 Å². The van der Waals surface area contributed by atoms with Gasteiger partial charge in [-0.2, -0.15) is 8.42 Å². The van der Waals surface area contributed by atoms with Crippen LogP contribution in [0.25, 0.3) is 10.8 Å². The van der Waals surface area contributed by atoms with Crippen molar-refractivity contribution in [2.75, 3.05) is 5.73 Å². The van der Waals surface area contributed by atoms with Crippen LogP contribution >= 0.6 is 0 Å². The second-order valence-corrected chi connectivity index (χ2v) is 6.88. The van der Waals surface area contributed by atoms with E-state index >= 15 is 0 Å². The fourth-order valence-corrected chi connectivity index (χ4v) is 3.54. The average Bonchev–Trinajstić information content (AvgIpc) is 2.58. The van der Waals surface area contributed by atoms with E-state index in [4.69, 9.17) is 5.73 Å². The second kappa shape index (κ2) is 6.54. The Hall–Kier alpha value is -2.90. The summed E-state index contributed by atoms with van der Waals surface area (Å²) in [6.45, 7) is 0.208. The van der Waals surface area contributed by atoms with E-state index in [1.807, 2.05) is 6.07 Å². The summed E-state index contributed by atoms with van der Waals surface area (Å²) >= 11 is 0. The van der Waals surface area contributed by atoms with Crippen molar-refractivity contribution in [3.63, 3.8) is 0 Å². The van der Waals surface area contributed by atoms with Crippen LogP contribution in [0.5, 0.6) is 0 Å². The number of rotatable bonds is 4. The van der Waals surface area contributed by atoms with Gasteiger partial charge in [0.05, 0.1) is 5.69 Å². The molecule has 3 aromatic rings. The SMILES string of the molecule is Nc1ccc2c(CNC(=O)c3ccccc3)cccc2c1S(=O)(=O)O. The van der Waals surface area contributed by atoms with Crippen molar-refractivity contribution in [3.8, 4) is 0 Å². The van der Waals surface area contributed by atoms with Gasteiger partial charge in [-0.1, -0.05) is 42.5 Å². The minimum absolute atomic E-state index is 0.0273. The van der Waals surface area contributed by atoms with Crippen molar-refractivity contribution < 1.29 is 17.8 Å². The Labute approximate surface area is 145 Å². The standard InChI is InChI=1S/C18H16N2O4S/c19-16-10-9-14-13(7-4-8-15(14)17(16)25(22,23)24)11-20-18(21)12-5-2-1-3-6-12/h1-10H,11,19H2,(H,20,21)(H,22,23,24). The topological polar surface area (TPSA) is 109 Å². The normalized spacial score (nSPS) is 11.4. The monoisotopic (exact) mass is 356 g/mol. The minimum Gasteiger partial charge on any atom is -0.398 e. The van der Waals surface area contributed by atoms with Gasteiger partial charge in [-0.05, 0) is 29.1 Å². The maximum Gasteiger partial charge on any atom is 0.297 e. The lowest BCUT2D eigenvalue weighted by atomic mass is 10.0. The number of fused-ring (bicyclic) bond motifs is 1. The molecule has 0 fully saturated rings. The molecule has 0 atom stereocenters. The number of hydrogen-bond donors (Lipinski definition) is 3. The first-order chi connectivity index (χ1) is 11.9. The number of hydrogen-bond acceptors (Lipinski definition) is 4. The van der Waals surface area contributed by atoms with E-state index in [0.29, 0.717) is 21.9 Å². The number of carbonyl (C=O) groups is 1. The van der Waals surface area contributed by atoms with Crippen LogP contribution in [-0.4, -0.2) is 18.9 Å². The van der Waals surface area contributed by atoms with Crippen LogP contribution in [0.1, 0.15) is 15.9 Å². The maximum absolute atomic E-state index is 12.2. The molecule has 3 aromatic carbocycles. The van der Waals surface area contributed by atoms with E-state index in [0.717, 1.165) is 0 Å². The Bertz CT molecular complexity index is 1050. The number of nitrogens with two attached hydrogens (primary N) is 1. The largest absolute Gasteiger partial charge is 0.398 e. The van der Waals surface area contributed by atoms with Gasteiger partial charge in [0.25, 0.3) is 16.0 Å². The lowest BCUT2D eigenvalue weighted by Crippen LogP contribution is -2.22. The molecule has 0 aliphatic carbocycles. The third kappa shape index (κ3) is 3.47.